The number of carbonyl (C=O) groups is 1. The Morgan fingerprint density at radius 1 is 1.02 bits per heavy atom. The summed E-state index contributed by atoms with van der Waals surface area (Å²) in [4.78, 5) is 42.2. The van der Waals surface area contributed by atoms with E-state index in [1.54, 1.807) is 11.0 Å². The van der Waals surface area contributed by atoms with Gasteiger partial charge in [-0.25, -0.2) is 23.1 Å². The lowest BCUT2D eigenvalue weighted by atomic mass is 9.98. The molecule has 1 fully saturated rings. The lowest BCUT2D eigenvalue weighted by molar-refractivity contribution is -0.128. The van der Waals surface area contributed by atoms with Crippen LogP contribution in [0, 0.1) is 11.6 Å². The molecule has 0 spiro atoms. The van der Waals surface area contributed by atoms with Crippen LogP contribution in [0.1, 0.15) is 57.6 Å². The highest BCUT2D eigenvalue weighted by Crippen LogP contribution is 2.38. The quantitative estimate of drug-likeness (QED) is 0.251. The number of aryl methyl sites for hydroxylation is 1. The van der Waals surface area contributed by atoms with E-state index in [4.69, 9.17) is 4.98 Å². The fourth-order valence-electron chi connectivity index (χ4n) is 6.94. The van der Waals surface area contributed by atoms with Gasteiger partial charge in [0.05, 0.1) is 16.8 Å². The molecule has 2 aromatic heterocycles. The minimum Gasteiger partial charge on any atom is -0.373 e. The molecular formula is C36H40F2N6O2. The standard InChI is InChI=1S/C36H40F2N6O2/c1-7-30(45)42-19-23(5)43(20-22(42)4)34-26-18-28(38)32-31-24(13-10-15-27(31)37)12-8-9-17-41(6)29-16-11-14-25(21(2)3)33(29)44(35(26)39-32)36(46)40-34/h7,10-11,13-16,18,21-23H,1,8-9,12,17,19-20H2,2-6H3/t22-,23+/m1/s1. The van der Waals surface area contributed by atoms with Gasteiger partial charge in [0.15, 0.2) is 5.65 Å². The van der Waals surface area contributed by atoms with Crippen molar-refractivity contribution < 1.29 is 13.6 Å². The Morgan fingerprint density at radius 2 is 1.78 bits per heavy atom. The van der Waals surface area contributed by atoms with Crippen LogP contribution in [-0.2, 0) is 11.2 Å². The molecule has 4 aromatic rings. The van der Waals surface area contributed by atoms with Gasteiger partial charge in [-0.15, -0.1) is 0 Å². The second-order valence-electron chi connectivity index (χ2n) is 12.8. The zero-order chi connectivity index (χ0) is 32.9. The van der Waals surface area contributed by atoms with Gasteiger partial charge in [-0.1, -0.05) is 44.7 Å². The minimum atomic E-state index is -0.697. The van der Waals surface area contributed by atoms with Crippen molar-refractivity contribution in [2.75, 3.05) is 36.5 Å². The van der Waals surface area contributed by atoms with E-state index in [0.717, 1.165) is 24.1 Å². The van der Waals surface area contributed by atoms with Crippen molar-refractivity contribution in [3.63, 3.8) is 0 Å². The molecule has 2 atom stereocenters. The minimum absolute atomic E-state index is 0.0371. The molecule has 1 amide bonds. The van der Waals surface area contributed by atoms with Crippen molar-refractivity contribution in [3.05, 3.63) is 88.4 Å². The molecule has 2 aromatic carbocycles. The Bertz CT molecular complexity index is 1900. The third kappa shape index (κ3) is 5.33. The number of carbonyl (C=O) groups excluding carboxylic acids is 1. The van der Waals surface area contributed by atoms with E-state index in [-0.39, 0.29) is 46.6 Å². The Hall–Kier alpha value is -4.60. The van der Waals surface area contributed by atoms with Crippen LogP contribution in [0.3, 0.4) is 0 Å². The molecule has 0 aliphatic carbocycles. The number of hydrogen-bond acceptors (Lipinski definition) is 6. The van der Waals surface area contributed by atoms with Gasteiger partial charge < -0.3 is 14.7 Å². The topological polar surface area (TPSA) is 74.6 Å². The normalized spacial score (nSPS) is 18.6. The molecule has 1 saturated heterocycles. The first-order chi connectivity index (χ1) is 22.0. The van der Waals surface area contributed by atoms with Crippen LogP contribution in [0.5, 0.6) is 0 Å². The van der Waals surface area contributed by atoms with Gasteiger partial charge in [0.2, 0.25) is 5.91 Å². The lowest BCUT2D eigenvalue weighted by Gasteiger charge is -2.44. The molecule has 4 heterocycles. The average molecular weight is 627 g/mol. The molecule has 0 radical (unpaired) electrons. The summed E-state index contributed by atoms with van der Waals surface area (Å²) in [6, 6.07) is 11.6. The highest BCUT2D eigenvalue weighted by atomic mass is 19.1. The number of rotatable bonds is 3. The second-order valence-corrected chi connectivity index (χ2v) is 12.8. The first-order valence-corrected chi connectivity index (χ1v) is 16.0. The molecule has 2 bridgehead atoms. The van der Waals surface area contributed by atoms with Crippen LogP contribution in [0.25, 0.3) is 28.0 Å². The maximum absolute atomic E-state index is 16.4. The number of para-hydroxylation sites is 1. The lowest BCUT2D eigenvalue weighted by Crippen LogP contribution is -2.58. The van der Waals surface area contributed by atoms with Crippen molar-refractivity contribution in [2.24, 2.45) is 0 Å². The van der Waals surface area contributed by atoms with Gasteiger partial charge in [0.1, 0.15) is 23.1 Å². The maximum Gasteiger partial charge on any atom is 0.355 e. The number of hydrogen-bond donors (Lipinski definition) is 0. The largest absolute Gasteiger partial charge is 0.373 e. The predicted octanol–water partition coefficient (Wildman–Crippen LogP) is 6.23. The molecule has 10 heteroatoms. The van der Waals surface area contributed by atoms with E-state index in [2.05, 4.69) is 30.3 Å². The van der Waals surface area contributed by atoms with Crippen LogP contribution in [-0.4, -0.2) is 64.1 Å². The summed E-state index contributed by atoms with van der Waals surface area (Å²) in [5.74, 6) is -1.11. The smallest absolute Gasteiger partial charge is 0.355 e. The average Bonchev–Trinajstić information content (AvgIpc) is 3.03. The molecule has 2 aliphatic rings. The summed E-state index contributed by atoms with van der Waals surface area (Å²) in [6.45, 7) is 13.0. The number of anilines is 2. The zero-order valence-corrected chi connectivity index (χ0v) is 27.1. The number of pyridine rings is 1. The van der Waals surface area contributed by atoms with Crippen LogP contribution in [0.2, 0.25) is 0 Å². The van der Waals surface area contributed by atoms with Gasteiger partial charge in [-0.3, -0.25) is 4.79 Å². The number of aromatic nitrogens is 3. The van der Waals surface area contributed by atoms with E-state index in [9.17, 15) is 9.59 Å². The Labute approximate surface area is 268 Å². The molecule has 8 nitrogen and oxygen atoms in total. The first kappa shape index (κ1) is 31.4. The number of fused-ring (bicyclic) bond motifs is 5. The molecule has 6 rings (SSSR count). The van der Waals surface area contributed by atoms with Gasteiger partial charge in [0.25, 0.3) is 0 Å². The van der Waals surface area contributed by atoms with Crippen LogP contribution < -0.4 is 15.5 Å². The van der Waals surface area contributed by atoms with Crippen molar-refractivity contribution in [3.8, 4) is 16.9 Å². The molecular weight excluding hydrogens is 586 g/mol. The van der Waals surface area contributed by atoms with Crippen molar-refractivity contribution in [2.45, 2.75) is 65.0 Å². The Kier molecular flexibility index (Phi) is 8.39. The maximum atomic E-state index is 16.4. The monoisotopic (exact) mass is 626 g/mol. The number of nitrogens with zero attached hydrogens (tertiary/aromatic N) is 6. The van der Waals surface area contributed by atoms with E-state index >= 15 is 8.78 Å². The summed E-state index contributed by atoms with van der Waals surface area (Å²) in [6.07, 6.45) is 3.42. The van der Waals surface area contributed by atoms with Gasteiger partial charge in [0, 0.05) is 44.3 Å². The number of halogens is 2. The van der Waals surface area contributed by atoms with Crippen LogP contribution >= 0.6 is 0 Å². The molecule has 46 heavy (non-hydrogen) atoms. The molecule has 0 saturated carbocycles. The van der Waals surface area contributed by atoms with Gasteiger partial charge in [-0.2, -0.15) is 4.98 Å². The van der Waals surface area contributed by atoms with E-state index in [1.807, 2.05) is 50.1 Å². The fourth-order valence-corrected chi connectivity index (χ4v) is 6.94. The summed E-state index contributed by atoms with van der Waals surface area (Å²) in [5, 5.41) is 0.336. The number of amides is 1. The zero-order valence-electron chi connectivity index (χ0n) is 27.1. The summed E-state index contributed by atoms with van der Waals surface area (Å²) in [5.41, 5.74) is 2.66. The third-order valence-corrected chi connectivity index (χ3v) is 9.35. The van der Waals surface area contributed by atoms with Gasteiger partial charge >= 0.3 is 5.69 Å². The predicted molar refractivity (Wildman–Crippen MR) is 179 cm³/mol. The highest BCUT2D eigenvalue weighted by molar-refractivity contribution is 5.92. The molecule has 0 N–H and O–H groups in total. The van der Waals surface area contributed by atoms with Crippen LogP contribution in [0.15, 0.2) is 59.9 Å². The van der Waals surface area contributed by atoms with Gasteiger partial charge in [-0.05, 0) is 74.4 Å². The Balaban J connectivity index is 1.71. The van der Waals surface area contributed by atoms with Crippen molar-refractivity contribution >= 4 is 28.4 Å². The van der Waals surface area contributed by atoms with Crippen LogP contribution in [0.4, 0.5) is 20.3 Å². The highest BCUT2D eigenvalue weighted by Gasteiger charge is 2.34. The summed E-state index contributed by atoms with van der Waals surface area (Å²) < 4.78 is 33.5. The van der Waals surface area contributed by atoms with Crippen molar-refractivity contribution in [1.29, 1.82) is 0 Å². The Morgan fingerprint density at radius 3 is 2.52 bits per heavy atom. The summed E-state index contributed by atoms with van der Waals surface area (Å²) >= 11 is 0. The van der Waals surface area contributed by atoms with E-state index in [0.29, 0.717) is 42.7 Å². The molecule has 2 aliphatic heterocycles. The van der Waals surface area contributed by atoms with E-state index in [1.165, 1.54) is 22.8 Å². The molecule has 240 valence electrons. The van der Waals surface area contributed by atoms with E-state index < -0.39 is 17.3 Å². The van der Waals surface area contributed by atoms with Crippen molar-refractivity contribution in [1.82, 2.24) is 19.4 Å². The second kappa shape index (κ2) is 12.3. The first-order valence-electron chi connectivity index (χ1n) is 16.0. The number of benzene rings is 2. The SMILES string of the molecule is C=CC(=O)N1C[C@H](C)N(c2nc(=O)n3c4nc(c(F)cc24)-c2c(F)cccc2CCCCN(C)c2cccc(C(C)C)c2-3)C[C@H]1C. The third-order valence-electron chi connectivity index (χ3n) is 9.35. The fraction of sp³-hybridized carbons (Fsp3) is 0.389. The summed E-state index contributed by atoms with van der Waals surface area (Å²) in [7, 11) is 2.00. The number of piperazine rings is 1. The molecule has 0 unspecified atom stereocenters.